The van der Waals surface area contributed by atoms with Crippen LogP contribution in [-0.4, -0.2) is 26.6 Å². The maximum Gasteiger partial charge on any atom is 0.264 e. The van der Waals surface area contributed by atoms with E-state index in [2.05, 4.69) is 27.0 Å². The molecular formula is C15H18N4O. The fraction of sp³-hybridized carbons (Fsp3) is 0.400. The van der Waals surface area contributed by atoms with Crippen molar-refractivity contribution in [3.63, 3.8) is 0 Å². The average Bonchev–Trinajstić information content (AvgIpc) is 2.90. The van der Waals surface area contributed by atoms with E-state index in [-0.39, 0.29) is 11.6 Å². The number of nitrogens with zero attached hydrogens (tertiary/aromatic N) is 3. The Balaban J connectivity index is 1.81. The Morgan fingerprint density at radius 2 is 2.30 bits per heavy atom. The molecule has 2 aromatic heterocycles. The SMILES string of the molecule is Cc1ccncc1CN1CCCC1c1ccc(=O)[nH]n1. The number of likely N-dealkylation sites (tertiary alicyclic amines) is 1. The molecule has 3 heterocycles. The molecule has 2 aromatic rings. The number of hydrogen-bond donors (Lipinski definition) is 1. The molecule has 1 saturated heterocycles. The molecule has 5 heteroatoms. The number of nitrogens with one attached hydrogen (secondary N) is 1. The van der Waals surface area contributed by atoms with Crippen LogP contribution in [-0.2, 0) is 6.54 Å². The Hall–Kier alpha value is -2.01. The molecule has 1 N–H and O–H groups in total. The second-order valence-corrected chi connectivity index (χ2v) is 5.28. The van der Waals surface area contributed by atoms with Crippen LogP contribution in [0.5, 0.6) is 0 Å². The second kappa shape index (κ2) is 5.54. The molecule has 3 rings (SSSR count). The fourth-order valence-electron chi connectivity index (χ4n) is 2.77. The lowest BCUT2D eigenvalue weighted by Gasteiger charge is -2.24. The minimum absolute atomic E-state index is 0.151. The van der Waals surface area contributed by atoms with Crippen LogP contribution >= 0.6 is 0 Å². The largest absolute Gasteiger partial charge is 0.290 e. The van der Waals surface area contributed by atoms with Crippen LogP contribution in [0.25, 0.3) is 0 Å². The first-order chi connectivity index (χ1) is 9.74. The van der Waals surface area contributed by atoms with Gasteiger partial charge in [-0.2, -0.15) is 5.10 Å². The topological polar surface area (TPSA) is 61.9 Å². The van der Waals surface area contributed by atoms with Crippen molar-refractivity contribution < 1.29 is 0 Å². The van der Waals surface area contributed by atoms with Gasteiger partial charge in [0.15, 0.2) is 0 Å². The first-order valence-corrected chi connectivity index (χ1v) is 6.93. The first kappa shape index (κ1) is 13.0. The van der Waals surface area contributed by atoms with Crippen molar-refractivity contribution in [2.24, 2.45) is 0 Å². The summed E-state index contributed by atoms with van der Waals surface area (Å²) in [6.45, 7) is 4.05. The van der Waals surface area contributed by atoms with E-state index >= 15 is 0 Å². The summed E-state index contributed by atoms with van der Waals surface area (Å²) < 4.78 is 0. The van der Waals surface area contributed by atoms with Gasteiger partial charge in [-0.15, -0.1) is 0 Å². The van der Waals surface area contributed by atoms with Crippen LogP contribution in [0, 0.1) is 6.92 Å². The van der Waals surface area contributed by atoms with E-state index in [0.29, 0.717) is 0 Å². The lowest BCUT2D eigenvalue weighted by molar-refractivity contribution is 0.242. The Morgan fingerprint density at radius 1 is 1.40 bits per heavy atom. The Kier molecular flexibility index (Phi) is 3.60. The van der Waals surface area contributed by atoms with Crippen LogP contribution in [0.4, 0.5) is 0 Å². The summed E-state index contributed by atoms with van der Waals surface area (Å²) in [6.07, 6.45) is 6.00. The minimum Gasteiger partial charge on any atom is -0.290 e. The summed E-state index contributed by atoms with van der Waals surface area (Å²) in [7, 11) is 0. The molecule has 0 bridgehead atoms. The van der Waals surface area contributed by atoms with Gasteiger partial charge in [-0.1, -0.05) is 0 Å². The molecule has 1 aliphatic heterocycles. The number of rotatable bonds is 3. The number of hydrogen-bond acceptors (Lipinski definition) is 4. The van der Waals surface area contributed by atoms with E-state index in [1.54, 1.807) is 6.07 Å². The minimum atomic E-state index is -0.151. The maximum atomic E-state index is 11.1. The van der Waals surface area contributed by atoms with Crippen LogP contribution in [0.1, 0.15) is 35.7 Å². The summed E-state index contributed by atoms with van der Waals surface area (Å²) in [5.74, 6) is 0. The summed E-state index contributed by atoms with van der Waals surface area (Å²) >= 11 is 0. The zero-order chi connectivity index (χ0) is 13.9. The van der Waals surface area contributed by atoms with Gasteiger partial charge in [0.25, 0.3) is 5.56 Å². The Labute approximate surface area is 117 Å². The summed E-state index contributed by atoms with van der Waals surface area (Å²) in [5, 5.41) is 6.71. The molecular weight excluding hydrogens is 252 g/mol. The van der Waals surface area contributed by atoms with Crippen LogP contribution in [0.15, 0.2) is 35.4 Å². The molecule has 0 amide bonds. The number of aromatic nitrogens is 3. The zero-order valence-corrected chi connectivity index (χ0v) is 11.5. The summed E-state index contributed by atoms with van der Waals surface area (Å²) in [6, 6.07) is 5.71. The third kappa shape index (κ3) is 2.63. The maximum absolute atomic E-state index is 11.1. The number of aromatic amines is 1. The van der Waals surface area contributed by atoms with Gasteiger partial charge in [0, 0.05) is 25.0 Å². The van der Waals surface area contributed by atoms with Gasteiger partial charge in [0.1, 0.15) is 0 Å². The van der Waals surface area contributed by atoms with Gasteiger partial charge >= 0.3 is 0 Å². The Morgan fingerprint density at radius 3 is 3.05 bits per heavy atom. The highest BCUT2D eigenvalue weighted by molar-refractivity contribution is 5.22. The van der Waals surface area contributed by atoms with E-state index < -0.39 is 0 Å². The fourth-order valence-corrected chi connectivity index (χ4v) is 2.77. The number of pyridine rings is 1. The summed E-state index contributed by atoms with van der Waals surface area (Å²) in [4.78, 5) is 17.7. The number of aryl methyl sites for hydroxylation is 1. The van der Waals surface area contributed by atoms with Crippen molar-refractivity contribution in [3.8, 4) is 0 Å². The highest BCUT2D eigenvalue weighted by Gasteiger charge is 2.27. The van der Waals surface area contributed by atoms with Crippen molar-refractivity contribution in [1.82, 2.24) is 20.1 Å². The average molecular weight is 270 g/mol. The summed E-state index contributed by atoms with van der Waals surface area (Å²) in [5.41, 5.74) is 3.31. The highest BCUT2D eigenvalue weighted by atomic mass is 16.1. The van der Waals surface area contributed by atoms with Crippen molar-refractivity contribution in [3.05, 3.63) is 57.8 Å². The molecule has 1 atom stereocenters. The van der Waals surface area contributed by atoms with Crippen LogP contribution < -0.4 is 5.56 Å². The van der Waals surface area contributed by atoms with E-state index in [1.807, 2.05) is 24.5 Å². The normalized spacial score (nSPS) is 19.4. The molecule has 20 heavy (non-hydrogen) atoms. The lowest BCUT2D eigenvalue weighted by atomic mass is 10.1. The van der Waals surface area contributed by atoms with Crippen LogP contribution in [0.3, 0.4) is 0 Å². The molecule has 5 nitrogen and oxygen atoms in total. The molecule has 1 unspecified atom stereocenters. The van der Waals surface area contributed by atoms with Crippen molar-refractivity contribution in [2.75, 3.05) is 6.54 Å². The van der Waals surface area contributed by atoms with E-state index in [1.165, 1.54) is 11.1 Å². The molecule has 0 aliphatic carbocycles. The predicted molar refractivity (Wildman–Crippen MR) is 76.2 cm³/mol. The van der Waals surface area contributed by atoms with E-state index in [4.69, 9.17) is 0 Å². The third-order valence-electron chi connectivity index (χ3n) is 3.93. The predicted octanol–water partition coefficient (Wildman–Crippen LogP) is 1.81. The van der Waals surface area contributed by atoms with Gasteiger partial charge in [-0.25, -0.2) is 5.10 Å². The lowest BCUT2D eigenvalue weighted by Crippen LogP contribution is -2.25. The molecule has 1 aliphatic rings. The smallest absolute Gasteiger partial charge is 0.264 e. The van der Waals surface area contributed by atoms with Gasteiger partial charge in [-0.05, 0) is 49.6 Å². The molecule has 0 radical (unpaired) electrons. The monoisotopic (exact) mass is 270 g/mol. The Bertz CT molecular complexity index is 632. The second-order valence-electron chi connectivity index (χ2n) is 5.28. The van der Waals surface area contributed by atoms with Crippen molar-refractivity contribution >= 4 is 0 Å². The highest BCUT2D eigenvalue weighted by Crippen LogP contribution is 2.31. The standard InChI is InChI=1S/C15H18N4O/c1-11-6-7-16-9-12(11)10-19-8-2-3-14(19)13-4-5-15(20)18-17-13/h4-7,9,14H,2-3,8,10H2,1H3,(H,18,20). The zero-order valence-electron chi connectivity index (χ0n) is 11.5. The number of H-pyrrole nitrogens is 1. The third-order valence-corrected chi connectivity index (χ3v) is 3.93. The van der Waals surface area contributed by atoms with Gasteiger partial charge in [0.05, 0.1) is 11.7 Å². The van der Waals surface area contributed by atoms with Crippen molar-refractivity contribution in [1.29, 1.82) is 0 Å². The molecule has 0 aromatic carbocycles. The quantitative estimate of drug-likeness (QED) is 0.924. The molecule has 0 saturated carbocycles. The first-order valence-electron chi connectivity index (χ1n) is 6.93. The van der Waals surface area contributed by atoms with E-state index in [0.717, 1.165) is 31.6 Å². The molecule has 1 fully saturated rings. The molecule has 0 spiro atoms. The van der Waals surface area contributed by atoms with Gasteiger partial charge in [-0.3, -0.25) is 14.7 Å². The molecule has 104 valence electrons. The van der Waals surface area contributed by atoms with E-state index in [9.17, 15) is 4.79 Å². The van der Waals surface area contributed by atoms with Gasteiger partial charge < -0.3 is 0 Å². The van der Waals surface area contributed by atoms with Crippen molar-refractivity contribution in [2.45, 2.75) is 32.4 Å². The van der Waals surface area contributed by atoms with Crippen LogP contribution in [0.2, 0.25) is 0 Å². The van der Waals surface area contributed by atoms with Gasteiger partial charge in [0.2, 0.25) is 0 Å².